The molecule has 3 heterocycles. The van der Waals surface area contributed by atoms with Gasteiger partial charge in [0.25, 0.3) is 5.91 Å². The zero-order valence-corrected chi connectivity index (χ0v) is 24.4. The predicted molar refractivity (Wildman–Crippen MR) is 150 cm³/mol. The number of carbonyl (C=O) groups excluding carboxylic acids is 1. The van der Waals surface area contributed by atoms with Crippen molar-refractivity contribution in [1.29, 1.82) is 0 Å². The van der Waals surface area contributed by atoms with Crippen molar-refractivity contribution < 1.29 is 27.8 Å². The molecule has 4 aromatic rings. The number of para-hydroxylation sites is 1. The molecule has 5 rings (SSSR count). The van der Waals surface area contributed by atoms with Crippen molar-refractivity contribution in [3.05, 3.63) is 80.7 Å². The second-order valence-electron chi connectivity index (χ2n) is 10.5. The van der Waals surface area contributed by atoms with Gasteiger partial charge in [0.15, 0.2) is 17.8 Å². The molecule has 0 unspecified atom stereocenters. The average Bonchev–Trinajstić information content (AvgIpc) is 3.52. The van der Waals surface area contributed by atoms with Gasteiger partial charge < -0.3 is 14.7 Å². The standard InChI is InChI=1S/C27H26Cl2F3N7O4/c1-26(2)14-43-11-10-37(26)24(41)18-4-3-5-19(29)22(18)39-15-33-21(34-39)13-38-25(42)36(12-20(40)27(30,31)32)23(35-38)16-6-8-17(28)9-7-16/h3-9,15,20,40H,10-14H2,1-2H3/t20-/m1/s1. The van der Waals surface area contributed by atoms with Crippen LogP contribution >= 0.6 is 23.2 Å². The van der Waals surface area contributed by atoms with Crippen LogP contribution in [0.2, 0.25) is 10.0 Å². The quantitative estimate of drug-likeness (QED) is 0.326. The number of morpholine rings is 1. The summed E-state index contributed by atoms with van der Waals surface area (Å²) in [6.07, 6.45) is -6.45. The summed E-state index contributed by atoms with van der Waals surface area (Å²) in [7, 11) is 0. The van der Waals surface area contributed by atoms with Crippen LogP contribution in [-0.2, 0) is 17.8 Å². The molecule has 1 atom stereocenters. The van der Waals surface area contributed by atoms with Crippen molar-refractivity contribution in [1.82, 2.24) is 34.0 Å². The molecule has 1 saturated heterocycles. The molecule has 0 bridgehead atoms. The third-order valence-electron chi connectivity index (χ3n) is 6.93. The Balaban J connectivity index is 1.49. The summed E-state index contributed by atoms with van der Waals surface area (Å²) in [5, 5.41) is 18.9. The SMILES string of the molecule is CC1(C)COCCN1C(=O)c1cccc(Cl)c1-n1cnc(Cn2nc(-c3ccc(Cl)cc3)n(C[C@@H](O)C(F)(F)F)c2=O)n1. The number of aliphatic hydroxyl groups is 1. The number of aliphatic hydroxyl groups excluding tert-OH is 1. The van der Waals surface area contributed by atoms with Crippen LogP contribution < -0.4 is 5.69 Å². The van der Waals surface area contributed by atoms with Crippen molar-refractivity contribution in [2.45, 2.75) is 44.8 Å². The Morgan fingerprint density at radius 3 is 2.53 bits per heavy atom. The Hall–Kier alpha value is -3.72. The van der Waals surface area contributed by atoms with Gasteiger partial charge in [-0.3, -0.25) is 9.36 Å². The molecule has 43 heavy (non-hydrogen) atoms. The molecule has 1 fully saturated rings. The lowest BCUT2D eigenvalue weighted by Gasteiger charge is -2.42. The van der Waals surface area contributed by atoms with Gasteiger partial charge in [-0.15, -0.1) is 10.2 Å². The maximum absolute atomic E-state index is 13.6. The van der Waals surface area contributed by atoms with E-state index in [0.717, 1.165) is 9.25 Å². The molecule has 1 N–H and O–H groups in total. The highest BCUT2D eigenvalue weighted by Gasteiger charge is 2.39. The highest BCUT2D eigenvalue weighted by molar-refractivity contribution is 6.33. The van der Waals surface area contributed by atoms with E-state index in [2.05, 4.69) is 15.2 Å². The fourth-order valence-electron chi connectivity index (χ4n) is 4.71. The molecule has 0 radical (unpaired) electrons. The van der Waals surface area contributed by atoms with Gasteiger partial charge in [0.2, 0.25) is 0 Å². The number of hydrogen-bond donors (Lipinski definition) is 1. The third kappa shape index (κ3) is 6.32. The first-order valence-electron chi connectivity index (χ1n) is 13.0. The fraction of sp³-hybridized carbons (Fsp3) is 0.370. The molecule has 228 valence electrons. The van der Waals surface area contributed by atoms with E-state index in [1.165, 1.54) is 35.3 Å². The number of rotatable bonds is 7. The van der Waals surface area contributed by atoms with Crippen LogP contribution in [0, 0.1) is 0 Å². The maximum atomic E-state index is 13.6. The number of benzene rings is 2. The normalized spacial score (nSPS) is 16.0. The average molecular weight is 640 g/mol. The van der Waals surface area contributed by atoms with Gasteiger partial charge in [-0.2, -0.15) is 13.2 Å². The Bertz CT molecular complexity index is 1700. The Labute approximate surface area is 253 Å². The highest BCUT2D eigenvalue weighted by atomic mass is 35.5. The summed E-state index contributed by atoms with van der Waals surface area (Å²) in [5.41, 5.74) is -0.648. The van der Waals surface area contributed by atoms with E-state index in [9.17, 15) is 27.9 Å². The van der Waals surface area contributed by atoms with Crippen molar-refractivity contribution in [2.24, 2.45) is 0 Å². The van der Waals surface area contributed by atoms with Crippen LogP contribution in [0.25, 0.3) is 17.1 Å². The summed E-state index contributed by atoms with van der Waals surface area (Å²) in [6, 6.07) is 10.8. The lowest BCUT2D eigenvalue weighted by Crippen LogP contribution is -2.55. The minimum Gasteiger partial charge on any atom is -0.382 e. The van der Waals surface area contributed by atoms with E-state index in [-0.39, 0.29) is 40.4 Å². The predicted octanol–water partition coefficient (Wildman–Crippen LogP) is 3.82. The van der Waals surface area contributed by atoms with Crippen LogP contribution in [0.15, 0.2) is 53.6 Å². The molecule has 1 aliphatic rings. The van der Waals surface area contributed by atoms with Gasteiger partial charge in [-0.25, -0.2) is 19.1 Å². The number of ether oxygens (including phenoxy) is 1. The number of aromatic nitrogens is 6. The van der Waals surface area contributed by atoms with Crippen molar-refractivity contribution in [3.63, 3.8) is 0 Å². The van der Waals surface area contributed by atoms with E-state index in [1.807, 2.05) is 13.8 Å². The number of carbonyl (C=O) groups is 1. The topological polar surface area (TPSA) is 120 Å². The minimum atomic E-state index is -4.96. The molecular weight excluding hydrogens is 614 g/mol. The lowest BCUT2D eigenvalue weighted by molar-refractivity contribution is -0.207. The Morgan fingerprint density at radius 2 is 1.86 bits per heavy atom. The van der Waals surface area contributed by atoms with Gasteiger partial charge in [0.05, 0.1) is 41.6 Å². The summed E-state index contributed by atoms with van der Waals surface area (Å²) in [5.74, 6) is -0.332. The first-order chi connectivity index (χ1) is 20.3. The van der Waals surface area contributed by atoms with Gasteiger partial charge in [0.1, 0.15) is 12.9 Å². The molecule has 0 spiro atoms. The molecule has 11 nitrogen and oxygen atoms in total. The van der Waals surface area contributed by atoms with E-state index in [1.54, 1.807) is 23.1 Å². The maximum Gasteiger partial charge on any atom is 0.416 e. The first-order valence-corrected chi connectivity index (χ1v) is 13.8. The minimum absolute atomic E-state index is 0.0656. The van der Waals surface area contributed by atoms with E-state index in [0.29, 0.717) is 30.3 Å². The zero-order chi connectivity index (χ0) is 31.1. The smallest absolute Gasteiger partial charge is 0.382 e. The fourth-order valence-corrected chi connectivity index (χ4v) is 5.10. The van der Waals surface area contributed by atoms with E-state index >= 15 is 0 Å². The van der Waals surface area contributed by atoms with Crippen LogP contribution in [0.1, 0.15) is 30.0 Å². The number of halogens is 5. The van der Waals surface area contributed by atoms with Gasteiger partial charge in [-0.1, -0.05) is 29.3 Å². The number of amides is 1. The zero-order valence-electron chi connectivity index (χ0n) is 22.9. The molecule has 1 aliphatic heterocycles. The van der Waals surface area contributed by atoms with Gasteiger partial charge >= 0.3 is 11.9 Å². The largest absolute Gasteiger partial charge is 0.416 e. The number of nitrogens with zero attached hydrogens (tertiary/aromatic N) is 7. The van der Waals surface area contributed by atoms with E-state index < -0.39 is 30.1 Å². The molecule has 2 aromatic carbocycles. The van der Waals surface area contributed by atoms with Crippen LogP contribution in [-0.4, -0.2) is 82.6 Å². The molecular formula is C27H26Cl2F3N7O4. The van der Waals surface area contributed by atoms with Crippen LogP contribution in [0.3, 0.4) is 0 Å². The van der Waals surface area contributed by atoms with Crippen LogP contribution in [0.5, 0.6) is 0 Å². The molecule has 0 aliphatic carbocycles. The highest BCUT2D eigenvalue weighted by Crippen LogP contribution is 2.29. The molecule has 16 heteroatoms. The summed E-state index contributed by atoms with van der Waals surface area (Å²) >= 11 is 12.5. The number of alkyl halides is 3. The second kappa shape index (κ2) is 11.8. The van der Waals surface area contributed by atoms with E-state index in [4.69, 9.17) is 27.9 Å². The van der Waals surface area contributed by atoms with Crippen molar-refractivity contribution in [3.8, 4) is 17.1 Å². The Morgan fingerprint density at radius 1 is 1.14 bits per heavy atom. The monoisotopic (exact) mass is 639 g/mol. The summed E-state index contributed by atoms with van der Waals surface area (Å²) < 4.78 is 48.0. The molecule has 0 saturated carbocycles. The summed E-state index contributed by atoms with van der Waals surface area (Å²) in [4.78, 5) is 32.8. The second-order valence-corrected chi connectivity index (χ2v) is 11.3. The van der Waals surface area contributed by atoms with Crippen molar-refractivity contribution in [2.75, 3.05) is 19.8 Å². The van der Waals surface area contributed by atoms with Crippen molar-refractivity contribution >= 4 is 29.1 Å². The third-order valence-corrected chi connectivity index (χ3v) is 7.48. The molecule has 2 aromatic heterocycles. The first kappa shape index (κ1) is 30.7. The number of hydrogen-bond acceptors (Lipinski definition) is 7. The lowest BCUT2D eigenvalue weighted by atomic mass is 10.0. The summed E-state index contributed by atoms with van der Waals surface area (Å²) in [6.45, 7) is 3.51. The van der Waals surface area contributed by atoms with Gasteiger partial charge in [0, 0.05) is 17.1 Å². The molecule has 1 amide bonds. The van der Waals surface area contributed by atoms with Gasteiger partial charge in [-0.05, 0) is 50.2 Å². The Kier molecular flexibility index (Phi) is 8.40. The van der Waals surface area contributed by atoms with Crippen LogP contribution in [0.4, 0.5) is 13.2 Å².